The predicted octanol–water partition coefficient (Wildman–Crippen LogP) is 4.76. The maximum Gasteiger partial charge on any atom is 0.329 e. The van der Waals surface area contributed by atoms with Crippen LogP contribution in [0.5, 0.6) is 0 Å². The second-order valence-electron chi connectivity index (χ2n) is 11.6. The smallest absolute Gasteiger partial charge is 0.329 e. The van der Waals surface area contributed by atoms with Gasteiger partial charge in [-0.05, 0) is 37.7 Å². The van der Waals surface area contributed by atoms with Crippen LogP contribution in [0.25, 0.3) is 0 Å². The number of aryl methyl sites for hydroxylation is 1. The average molecular weight is 558 g/mol. The largest absolute Gasteiger partial charge is 0.460 e. The van der Waals surface area contributed by atoms with Crippen molar-refractivity contribution in [2.75, 3.05) is 0 Å². The van der Waals surface area contributed by atoms with Gasteiger partial charge in [-0.25, -0.2) is 4.79 Å². The molecule has 1 heterocycles. The van der Waals surface area contributed by atoms with Crippen molar-refractivity contribution in [3.63, 3.8) is 0 Å². The number of hydrogen-bond acceptors (Lipinski definition) is 5. The van der Waals surface area contributed by atoms with Crippen LogP contribution in [0.3, 0.4) is 0 Å². The van der Waals surface area contributed by atoms with Gasteiger partial charge in [0.1, 0.15) is 24.2 Å². The van der Waals surface area contributed by atoms with Gasteiger partial charge in [-0.15, -0.1) is 0 Å². The zero-order valence-electron chi connectivity index (χ0n) is 25.4. The van der Waals surface area contributed by atoms with E-state index in [9.17, 15) is 19.2 Å². The van der Waals surface area contributed by atoms with Crippen molar-refractivity contribution in [1.29, 1.82) is 0 Å². The first-order valence-electron chi connectivity index (χ1n) is 15.2. The molecule has 0 radical (unpaired) electrons. The average Bonchev–Trinajstić information content (AvgIpc) is 2.93. The monoisotopic (exact) mass is 557 g/mol. The minimum absolute atomic E-state index is 0.0445. The topological polar surface area (TPSA) is 114 Å². The second kappa shape index (κ2) is 17.0. The highest BCUT2D eigenvalue weighted by atomic mass is 16.5. The Morgan fingerprint density at radius 3 is 2.15 bits per heavy atom. The summed E-state index contributed by atoms with van der Waals surface area (Å²) >= 11 is 0. The van der Waals surface area contributed by atoms with Crippen LogP contribution in [0.15, 0.2) is 24.3 Å². The molecule has 8 nitrogen and oxygen atoms in total. The number of nitrogens with one attached hydrogen (secondary N) is 3. The zero-order valence-corrected chi connectivity index (χ0v) is 25.4. The number of esters is 1. The highest BCUT2D eigenvalue weighted by molar-refractivity contribution is 5.94. The minimum atomic E-state index is -0.896. The Balaban J connectivity index is 2.29. The summed E-state index contributed by atoms with van der Waals surface area (Å²) in [5.41, 5.74) is 1.99. The summed E-state index contributed by atoms with van der Waals surface area (Å²) in [6, 6.07) is 5.13. The summed E-state index contributed by atoms with van der Waals surface area (Å²) in [6.45, 7) is 11.6. The predicted molar refractivity (Wildman–Crippen MR) is 157 cm³/mol. The molecule has 1 fully saturated rings. The lowest BCUT2D eigenvalue weighted by atomic mass is 9.93. The van der Waals surface area contributed by atoms with Crippen molar-refractivity contribution < 1.29 is 23.9 Å². The summed E-state index contributed by atoms with van der Waals surface area (Å²) in [4.78, 5) is 53.0. The first-order valence-corrected chi connectivity index (χ1v) is 15.2. The van der Waals surface area contributed by atoms with Crippen LogP contribution in [0.4, 0.5) is 0 Å². The molecule has 3 N–H and O–H groups in total. The van der Waals surface area contributed by atoms with Crippen molar-refractivity contribution >= 4 is 23.7 Å². The van der Waals surface area contributed by atoms with E-state index in [1.165, 1.54) is 25.7 Å². The molecule has 1 aromatic rings. The van der Waals surface area contributed by atoms with Crippen molar-refractivity contribution in [3.8, 4) is 0 Å². The van der Waals surface area contributed by atoms with Gasteiger partial charge in [0.25, 0.3) is 0 Å². The Kier molecular flexibility index (Phi) is 14.2. The molecular formula is C32H51N3O5. The van der Waals surface area contributed by atoms with E-state index in [1.807, 2.05) is 52.0 Å². The molecule has 1 aromatic carbocycles. The van der Waals surface area contributed by atoms with Crippen LogP contribution in [0.1, 0.15) is 104 Å². The number of carbonyl (C=O) groups excluding carboxylic acids is 4. The highest BCUT2D eigenvalue weighted by Gasteiger charge is 2.35. The lowest BCUT2D eigenvalue weighted by Gasteiger charge is -2.29. The Hall–Kier alpha value is -2.90. The van der Waals surface area contributed by atoms with Gasteiger partial charge in [0.2, 0.25) is 17.7 Å². The Morgan fingerprint density at radius 2 is 1.50 bits per heavy atom. The van der Waals surface area contributed by atoms with E-state index in [0.717, 1.165) is 30.4 Å². The molecule has 1 aliphatic rings. The van der Waals surface area contributed by atoms with Crippen LogP contribution < -0.4 is 16.0 Å². The Bertz CT molecular complexity index is 964. The molecule has 3 amide bonds. The lowest BCUT2D eigenvalue weighted by molar-refractivity contribution is -0.158. The number of unbranched alkanes of at least 4 members (excludes halogenated alkanes) is 5. The molecule has 0 aromatic heterocycles. The fourth-order valence-electron chi connectivity index (χ4n) is 4.95. The van der Waals surface area contributed by atoms with Gasteiger partial charge in [-0.1, -0.05) is 102 Å². The van der Waals surface area contributed by atoms with Crippen molar-refractivity contribution in [2.24, 2.45) is 11.8 Å². The summed E-state index contributed by atoms with van der Waals surface area (Å²) < 4.78 is 5.98. The summed E-state index contributed by atoms with van der Waals surface area (Å²) in [5, 5.41) is 8.40. The van der Waals surface area contributed by atoms with E-state index >= 15 is 0 Å². The molecule has 1 aliphatic heterocycles. The quantitative estimate of drug-likeness (QED) is 0.253. The fourth-order valence-corrected chi connectivity index (χ4v) is 4.95. The lowest BCUT2D eigenvalue weighted by Crippen LogP contribution is -2.55. The second-order valence-corrected chi connectivity index (χ2v) is 11.6. The number of amides is 3. The molecule has 0 aliphatic carbocycles. The van der Waals surface area contributed by atoms with E-state index in [-0.39, 0.29) is 30.6 Å². The summed E-state index contributed by atoms with van der Waals surface area (Å²) in [5.74, 6) is -2.04. The Morgan fingerprint density at radius 1 is 0.850 bits per heavy atom. The molecule has 0 bridgehead atoms. The normalized spacial score (nSPS) is 24.4. The molecule has 2 rings (SSSR count). The van der Waals surface area contributed by atoms with E-state index in [1.54, 1.807) is 6.92 Å². The number of carbonyl (C=O) groups is 4. The number of rotatable bonds is 12. The molecule has 1 saturated heterocycles. The standard InChI is InChI=1S/C32H51N3O5/c1-7-9-10-11-12-13-14-23(5)27-20-28(36)34-26(19-25-17-15-21(3)16-18-25)31(38)33-24(6)30(37)35-29(22(4)8-2)32(39)40-27/h15-18,22-24,26-27,29H,7-14,19-20H2,1-6H3,(H,33,38)(H,34,36)(H,35,37)/t22-,23-,24-,26-,27-,29+/m0/s1. The number of cyclic esters (lactones) is 1. The molecule has 0 unspecified atom stereocenters. The van der Waals surface area contributed by atoms with E-state index < -0.39 is 42.0 Å². The van der Waals surface area contributed by atoms with Gasteiger partial charge in [-0.3, -0.25) is 14.4 Å². The molecule has 8 heteroatoms. The van der Waals surface area contributed by atoms with Crippen LogP contribution in [-0.2, 0) is 30.3 Å². The maximum atomic E-state index is 13.4. The van der Waals surface area contributed by atoms with Crippen LogP contribution in [-0.4, -0.2) is 47.9 Å². The molecule has 6 atom stereocenters. The fraction of sp³-hybridized carbons (Fsp3) is 0.688. The van der Waals surface area contributed by atoms with Crippen molar-refractivity contribution in [1.82, 2.24) is 16.0 Å². The van der Waals surface area contributed by atoms with Gasteiger partial charge >= 0.3 is 5.97 Å². The van der Waals surface area contributed by atoms with Crippen molar-refractivity contribution in [2.45, 2.75) is 130 Å². The first kappa shape index (κ1) is 33.3. The Labute approximate surface area is 240 Å². The molecule has 40 heavy (non-hydrogen) atoms. The van der Waals surface area contributed by atoms with Crippen LogP contribution >= 0.6 is 0 Å². The van der Waals surface area contributed by atoms with Crippen LogP contribution in [0.2, 0.25) is 0 Å². The maximum absolute atomic E-state index is 13.4. The molecule has 224 valence electrons. The minimum Gasteiger partial charge on any atom is -0.460 e. The zero-order chi connectivity index (χ0) is 29.7. The van der Waals surface area contributed by atoms with E-state index in [2.05, 4.69) is 22.9 Å². The van der Waals surface area contributed by atoms with Gasteiger partial charge in [0.15, 0.2) is 0 Å². The van der Waals surface area contributed by atoms with Crippen molar-refractivity contribution in [3.05, 3.63) is 35.4 Å². The van der Waals surface area contributed by atoms with Gasteiger partial charge in [0.05, 0.1) is 6.42 Å². The third kappa shape index (κ3) is 10.9. The van der Waals surface area contributed by atoms with Gasteiger partial charge < -0.3 is 20.7 Å². The summed E-state index contributed by atoms with van der Waals surface area (Å²) in [6.07, 6.45) is 7.94. The van der Waals surface area contributed by atoms with E-state index in [4.69, 9.17) is 4.74 Å². The third-order valence-electron chi connectivity index (χ3n) is 8.03. The number of benzene rings is 1. The van der Waals surface area contributed by atoms with E-state index in [0.29, 0.717) is 6.42 Å². The SMILES string of the molecule is CCCCCCCC[C@H](C)[C@@H]1CC(=O)N[C@@H](Cc2ccc(C)cc2)C(=O)N[C@@H](C)C(=O)N[C@H]([C@@H](C)CC)C(=O)O1. The highest BCUT2D eigenvalue weighted by Crippen LogP contribution is 2.22. The number of hydrogen-bond donors (Lipinski definition) is 3. The third-order valence-corrected chi connectivity index (χ3v) is 8.03. The molecule has 0 spiro atoms. The van der Waals surface area contributed by atoms with Gasteiger partial charge in [0, 0.05) is 6.42 Å². The first-order chi connectivity index (χ1) is 19.0. The van der Waals surface area contributed by atoms with Gasteiger partial charge in [-0.2, -0.15) is 0 Å². The number of ether oxygens (including phenoxy) is 1. The molecular weight excluding hydrogens is 506 g/mol. The van der Waals surface area contributed by atoms with Crippen LogP contribution in [0, 0.1) is 18.8 Å². The summed E-state index contributed by atoms with van der Waals surface area (Å²) in [7, 11) is 0. The molecule has 0 saturated carbocycles.